The molecule has 4 aromatic rings. The van der Waals surface area contributed by atoms with Gasteiger partial charge in [-0.15, -0.1) is 11.3 Å². The predicted octanol–water partition coefficient (Wildman–Crippen LogP) is 5.99. The number of carboxylic acid groups (broad SMARTS) is 1. The minimum absolute atomic E-state index is 0.0629. The van der Waals surface area contributed by atoms with E-state index in [2.05, 4.69) is 4.98 Å². The van der Waals surface area contributed by atoms with Gasteiger partial charge in [0.25, 0.3) is 5.56 Å². The number of para-hydroxylation sites is 1. The molecule has 1 aromatic carbocycles. The van der Waals surface area contributed by atoms with Crippen LogP contribution in [-0.2, 0) is 21.6 Å². The van der Waals surface area contributed by atoms with E-state index in [4.69, 9.17) is 13.9 Å². The Hall–Kier alpha value is -3.70. The first-order chi connectivity index (χ1) is 22.0. The molecule has 242 valence electrons. The molecule has 3 bridgehead atoms. The largest absolute Gasteiger partial charge is 0.496 e. The topological polar surface area (TPSA) is 126 Å². The lowest BCUT2D eigenvalue weighted by atomic mass is 9.55. The Balaban J connectivity index is 1.26. The molecule has 4 aliphatic rings. The van der Waals surface area contributed by atoms with Crippen LogP contribution in [0.1, 0.15) is 69.6 Å². The Morgan fingerprint density at radius 3 is 2.74 bits per heavy atom. The molecule has 8 rings (SSSR count). The molecule has 0 amide bonds. The molecular formula is C35H39N3O7S. The van der Waals surface area contributed by atoms with Crippen molar-refractivity contribution in [3.8, 4) is 16.5 Å². The fourth-order valence-corrected chi connectivity index (χ4v) is 11.2. The van der Waals surface area contributed by atoms with Crippen molar-refractivity contribution in [2.75, 3.05) is 13.7 Å². The van der Waals surface area contributed by atoms with E-state index in [-0.39, 0.29) is 17.3 Å². The first-order valence-electron chi connectivity index (χ1n) is 16.2. The number of hydrogen-bond donors (Lipinski definition) is 1. The van der Waals surface area contributed by atoms with Gasteiger partial charge in [-0.1, -0.05) is 18.2 Å². The number of benzene rings is 1. The number of fused-ring (bicyclic) bond motifs is 3. The van der Waals surface area contributed by atoms with Gasteiger partial charge in [-0.3, -0.25) is 9.36 Å². The average molecular weight is 646 g/mol. The summed E-state index contributed by atoms with van der Waals surface area (Å²) in [6.07, 6.45) is 10.1. The Bertz CT molecular complexity index is 1990. The SMILES string of the molecule is COc1ccccc1C(Cn1c(=O)n(C(C)(C)C(=O)O)c(=O)c2c(C)c(-c3ncco3)sc21)OCC12CC3CC4CC(C1)C4(C3)C2. The number of thiophene rings is 1. The van der Waals surface area contributed by atoms with Gasteiger partial charge in [0.2, 0.25) is 5.89 Å². The van der Waals surface area contributed by atoms with Crippen LogP contribution in [0, 0.1) is 35.5 Å². The fraction of sp³-hybridized carbons (Fsp3) is 0.543. The van der Waals surface area contributed by atoms with Crippen LogP contribution < -0.4 is 16.0 Å². The van der Waals surface area contributed by atoms with E-state index < -0.39 is 28.9 Å². The number of methoxy groups -OCH3 is 1. The van der Waals surface area contributed by atoms with Crippen molar-refractivity contribution in [3.05, 3.63) is 68.7 Å². The van der Waals surface area contributed by atoms with Crippen LogP contribution in [-0.4, -0.2) is 38.9 Å². The molecule has 0 aliphatic heterocycles. The summed E-state index contributed by atoms with van der Waals surface area (Å²) in [5, 5.41) is 10.4. The Kier molecular flexibility index (Phi) is 6.55. The van der Waals surface area contributed by atoms with E-state index in [1.807, 2.05) is 24.3 Å². The van der Waals surface area contributed by atoms with E-state index in [1.54, 1.807) is 14.0 Å². The number of oxazole rings is 1. The number of aromatic nitrogens is 3. The first-order valence-corrected chi connectivity index (χ1v) is 17.0. The highest BCUT2D eigenvalue weighted by atomic mass is 32.1. The second kappa shape index (κ2) is 10.1. The zero-order chi connectivity index (χ0) is 32.2. The maximum atomic E-state index is 14.4. The molecule has 0 saturated heterocycles. The van der Waals surface area contributed by atoms with Crippen LogP contribution in [0.3, 0.4) is 0 Å². The van der Waals surface area contributed by atoms with E-state index in [1.165, 1.54) is 80.7 Å². The molecule has 6 unspecified atom stereocenters. The Labute approximate surface area is 270 Å². The minimum Gasteiger partial charge on any atom is -0.496 e. The van der Waals surface area contributed by atoms with Crippen molar-refractivity contribution in [1.29, 1.82) is 0 Å². The molecule has 46 heavy (non-hydrogen) atoms. The zero-order valence-electron chi connectivity index (χ0n) is 26.6. The van der Waals surface area contributed by atoms with Crippen molar-refractivity contribution >= 4 is 27.5 Å². The Morgan fingerprint density at radius 2 is 2.00 bits per heavy atom. The molecule has 4 saturated carbocycles. The molecule has 0 radical (unpaired) electrons. The average Bonchev–Trinajstić information content (AvgIpc) is 3.75. The molecule has 10 nitrogen and oxygen atoms in total. The third-order valence-electron chi connectivity index (χ3n) is 11.9. The van der Waals surface area contributed by atoms with Gasteiger partial charge in [0.15, 0.2) is 0 Å². The summed E-state index contributed by atoms with van der Waals surface area (Å²) in [5.74, 6) is 2.14. The van der Waals surface area contributed by atoms with Gasteiger partial charge >= 0.3 is 11.7 Å². The number of carboxylic acids is 1. The highest BCUT2D eigenvalue weighted by Gasteiger charge is 2.70. The standard InChI is InChI=1S/C35H39N3O7S/c1-19-26-29(39)38(33(2,3)31(40)41)32(42)37(30(26)46-27(19)28-36-9-10-44-28)16-25(23-7-5-6-8-24(23)43-4)45-18-34-13-20-11-21-12-22(15-34)35(21,14-20)17-34/h5-10,20-22,25H,11-18H2,1-4H3,(H,40,41). The number of aliphatic carboxylic acids is 1. The molecule has 3 aromatic heterocycles. The smallest absolute Gasteiger partial charge is 0.333 e. The lowest BCUT2D eigenvalue weighted by Crippen LogP contribution is -2.52. The van der Waals surface area contributed by atoms with Crippen molar-refractivity contribution in [3.63, 3.8) is 0 Å². The normalized spacial score (nSPS) is 28.4. The summed E-state index contributed by atoms with van der Waals surface area (Å²) in [6.45, 7) is 5.17. The van der Waals surface area contributed by atoms with Gasteiger partial charge in [0.1, 0.15) is 28.5 Å². The van der Waals surface area contributed by atoms with Gasteiger partial charge in [-0.05, 0) is 99.5 Å². The van der Waals surface area contributed by atoms with E-state index in [9.17, 15) is 19.5 Å². The summed E-state index contributed by atoms with van der Waals surface area (Å²) in [5.41, 5.74) is -1.15. The number of rotatable bonds is 10. The van der Waals surface area contributed by atoms with Crippen molar-refractivity contribution < 1.29 is 23.8 Å². The third-order valence-corrected chi connectivity index (χ3v) is 13.2. The number of nitrogens with zero attached hydrogens (tertiary/aromatic N) is 3. The second-order valence-electron chi connectivity index (χ2n) is 14.8. The van der Waals surface area contributed by atoms with Crippen LogP contribution in [0.5, 0.6) is 5.75 Å². The lowest BCUT2D eigenvalue weighted by molar-refractivity contribution is -0.146. The van der Waals surface area contributed by atoms with Crippen LogP contribution in [0.25, 0.3) is 21.0 Å². The summed E-state index contributed by atoms with van der Waals surface area (Å²) in [6, 6.07) is 7.66. The van der Waals surface area contributed by atoms with Crippen molar-refractivity contribution in [1.82, 2.24) is 14.1 Å². The maximum Gasteiger partial charge on any atom is 0.333 e. The second-order valence-corrected chi connectivity index (χ2v) is 15.8. The molecule has 3 heterocycles. The van der Waals surface area contributed by atoms with Crippen LogP contribution in [0.2, 0.25) is 0 Å². The molecule has 4 fully saturated rings. The molecule has 1 N–H and O–H groups in total. The minimum atomic E-state index is -1.80. The summed E-state index contributed by atoms with van der Waals surface area (Å²) in [4.78, 5) is 46.2. The first kappa shape index (κ1) is 29.7. The molecular weight excluding hydrogens is 606 g/mol. The summed E-state index contributed by atoms with van der Waals surface area (Å²) < 4.78 is 20.7. The van der Waals surface area contributed by atoms with Crippen LogP contribution in [0.15, 0.2) is 50.7 Å². The fourth-order valence-electron chi connectivity index (χ4n) is 9.96. The highest BCUT2D eigenvalue weighted by Crippen LogP contribution is 2.78. The number of ether oxygens (including phenoxy) is 2. The van der Waals surface area contributed by atoms with Crippen LogP contribution in [0.4, 0.5) is 0 Å². The monoisotopic (exact) mass is 645 g/mol. The van der Waals surface area contributed by atoms with Gasteiger partial charge in [-0.25, -0.2) is 19.1 Å². The van der Waals surface area contributed by atoms with E-state index in [0.29, 0.717) is 38.9 Å². The quantitative estimate of drug-likeness (QED) is 0.223. The predicted molar refractivity (Wildman–Crippen MR) is 172 cm³/mol. The number of aryl methyl sites for hydroxylation is 1. The van der Waals surface area contributed by atoms with Gasteiger partial charge in [-0.2, -0.15) is 0 Å². The maximum absolute atomic E-state index is 14.4. The van der Waals surface area contributed by atoms with E-state index >= 15 is 0 Å². The number of carbonyl (C=O) groups is 1. The van der Waals surface area contributed by atoms with Crippen molar-refractivity contribution in [2.45, 2.75) is 77.5 Å². The Morgan fingerprint density at radius 1 is 1.20 bits per heavy atom. The molecule has 4 aliphatic carbocycles. The number of hydrogen-bond acceptors (Lipinski definition) is 8. The highest BCUT2D eigenvalue weighted by molar-refractivity contribution is 7.22. The zero-order valence-corrected chi connectivity index (χ0v) is 27.4. The molecule has 1 spiro atoms. The molecule has 11 heteroatoms. The van der Waals surface area contributed by atoms with Crippen LogP contribution >= 0.6 is 11.3 Å². The van der Waals surface area contributed by atoms with E-state index in [0.717, 1.165) is 27.9 Å². The van der Waals surface area contributed by atoms with Gasteiger partial charge in [0.05, 0.1) is 36.7 Å². The summed E-state index contributed by atoms with van der Waals surface area (Å²) >= 11 is 1.24. The lowest BCUT2D eigenvalue weighted by Gasteiger charge is -2.49. The van der Waals surface area contributed by atoms with Gasteiger partial charge < -0.3 is 19.0 Å². The third kappa shape index (κ3) is 4.09. The van der Waals surface area contributed by atoms with Gasteiger partial charge in [0, 0.05) is 5.56 Å². The van der Waals surface area contributed by atoms with Crippen molar-refractivity contribution in [2.24, 2.45) is 28.6 Å². The molecule has 6 atom stereocenters. The summed E-state index contributed by atoms with van der Waals surface area (Å²) in [7, 11) is 1.62.